The van der Waals surface area contributed by atoms with Crippen LogP contribution < -0.4 is 10.6 Å². The molecular formula is C21H20ClFN4O. The Hall–Kier alpha value is -2.99. The first-order valence-electron chi connectivity index (χ1n) is 8.87. The van der Waals surface area contributed by atoms with E-state index in [1.54, 1.807) is 31.2 Å². The van der Waals surface area contributed by atoms with E-state index < -0.39 is 0 Å². The second kappa shape index (κ2) is 9.28. The smallest absolute Gasteiger partial charge is 0.270 e. The van der Waals surface area contributed by atoms with Gasteiger partial charge in [-0.3, -0.25) is 4.79 Å². The van der Waals surface area contributed by atoms with E-state index in [1.165, 1.54) is 12.1 Å². The molecule has 2 aromatic carbocycles. The molecule has 0 aliphatic rings. The summed E-state index contributed by atoms with van der Waals surface area (Å²) in [6.07, 6.45) is 0.706. The number of hydrogen-bond donors (Lipinski definition) is 2. The molecule has 28 heavy (non-hydrogen) atoms. The Balaban J connectivity index is 1.59. The molecule has 1 heterocycles. The molecule has 3 aromatic rings. The lowest BCUT2D eigenvalue weighted by atomic mass is 10.1. The summed E-state index contributed by atoms with van der Waals surface area (Å²) in [7, 11) is 0. The van der Waals surface area contributed by atoms with Gasteiger partial charge in [-0.2, -0.15) is 0 Å². The average Bonchev–Trinajstić information content (AvgIpc) is 2.68. The van der Waals surface area contributed by atoms with Gasteiger partial charge in [-0.05, 0) is 42.7 Å². The molecule has 0 aliphatic carbocycles. The maximum atomic E-state index is 13.0. The fourth-order valence-corrected chi connectivity index (χ4v) is 2.87. The monoisotopic (exact) mass is 398 g/mol. The third kappa shape index (κ3) is 5.50. The second-order valence-electron chi connectivity index (χ2n) is 6.26. The van der Waals surface area contributed by atoms with Gasteiger partial charge in [0.25, 0.3) is 5.91 Å². The van der Waals surface area contributed by atoms with Gasteiger partial charge in [-0.1, -0.05) is 41.9 Å². The minimum Gasteiger partial charge on any atom is -0.370 e. The number of aryl methyl sites for hydroxylation is 1. The molecule has 2 N–H and O–H groups in total. The van der Waals surface area contributed by atoms with Gasteiger partial charge in [0.05, 0.1) is 0 Å². The number of rotatable bonds is 7. The van der Waals surface area contributed by atoms with Crippen LogP contribution in [0, 0.1) is 12.7 Å². The van der Waals surface area contributed by atoms with Gasteiger partial charge in [0.15, 0.2) is 0 Å². The molecule has 0 bridgehead atoms. The number of halogens is 2. The number of anilines is 1. The topological polar surface area (TPSA) is 66.9 Å². The molecule has 0 saturated carbocycles. The van der Waals surface area contributed by atoms with Crippen molar-refractivity contribution in [1.82, 2.24) is 15.3 Å². The highest BCUT2D eigenvalue weighted by Gasteiger charge is 2.11. The maximum Gasteiger partial charge on any atom is 0.270 e. The molecule has 1 aromatic heterocycles. The molecule has 3 rings (SSSR count). The number of nitrogens with zero attached hydrogens (tertiary/aromatic N) is 2. The van der Waals surface area contributed by atoms with E-state index >= 15 is 0 Å². The van der Waals surface area contributed by atoms with Crippen molar-refractivity contribution >= 4 is 23.3 Å². The summed E-state index contributed by atoms with van der Waals surface area (Å²) in [4.78, 5) is 21.0. The predicted molar refractivity (Wildman–Crippen MR) is 108 cm³/mol. The van der Waals surface area contributed by atoms with Crippen molar-refractivity contribution in [2.24, 2.45) is 0 Å². The quantitative estimate of drug-likeness (QED) is 0.627. The van der Waals surface area contributed by atoms with Crippen LogP contribution in [0.4, 0.5) is 10.2 Å². The third-order valence-electron chi connectivity index (χ3n) is 4.10. The Morgan fingerprint density at radius 1 is 1.11 bits per heavy atom. The summed E-state index contributed by atoms with van der Waals surface area (Å²) in [6.45, 7) is 2.65. The number of benzene rings is 2. The molecular weight excluding hydrogens is 379 g/mol. The number of amides is 1. The Morgan fingerprint density at radius 2 is 1.86 bits per heavy atom. The van der Waals surface area contributed by atoms with Crippen LogP contribution >= 0.6 is 11.6 Å². The van der Waals surface area contributed by atoms with Crippen molar-refractivity contribution in [3.8, 4) is 0 Å². The van der Waals surface area contributed by atoms with E-state index in [0.717, 1.165) is 11.1 Å². The minimum absolute atomic E-state index is 0.254. The zero-order valence-electron chi connectivity index (χ0n) is 15.4. The van der Waals surface area contributed by atoms with Crippen molar-refractivity contribution < 1.29 is 9.18 Å². The van der Waals surface area contributed by atoms with Gasteiger partial charge in [-0.15, -0.1) is 0 Å². The number of hydrogen-bond acceptors (Lipinski definition) is 4. The Kier molecular flexibility index (Phi) is 6.55. The molecule has 0 fully saturated rings. The average molecular weight is 399 g/mol. The van der Waals surface area contributed by atoms with E-state index in [4.69, 9.17) is 11.6 Å². The Labute approximate surface area is 168 Å². The van der Waals surface area contributed by atoms with E-state index in [-0.39, 0.29) is 17.4 Å². The van der Waals surface area contributed by atoms with Crippen LogP contribution in [0.25, 0.3) is 0 Å². The molecule has 0 spiro atoms. The predicted octanol–water partition coefficient (Wildman–Crippen LogP) is 4.16. The van der Waals surface area contributed by atoms with Crippen LogP contribution in [-0.2, 0) is 13.0 Å². The molecule has 7 heteroatoms. The number of carbonyl (C=O) groups excluding carboxylic acids is 1. The molecule has 0 radical (unpaired) electrons. The van der Waals surface area contributed by atoms with Crippen LogP contribution in [0.3, 0.4) is 0 Å². The van der Waals surface area contributed by atoms with Gasteiger partial charge < -0.3 is 10.6 Å². The van der Waals surface area contributed by atoms with E-state index in [2.05, 4.69) is 20.6 Å². The lowest BCUT2D eigenvalue weighted by Gasteiger charge is -2.10. The summed E-state index contributed by atoms with van der Waals surface area (Å²) >= 11 is 6.11. The highest BCUT2D eigenvalue weighted by atomic mass is 35.5. The number of nitrogens with one attached hydrogen (secondary N) is 2. The lowest BCUT2D eigenvalue weighted by Crippen LogP contribution is -2.24. The van der Waals surface area contributed by atoms with E-state index in [1.807, 2.05) is 18.2 Å². The molecule has 1 amide bonds. The minimum atomic E-state index is -0.299. The van der Waals surface area contributed by atoms with Crippen LogP contribution in [-0.4, -0.2) is 22.4 Å². The second-order valence-corrected chi connectivity index (χ2v) is 6.67. The number of aromatic nitrogens is 2. The van der Waals surface area contributed by atoms with Crippen molar-refractivity contribution in [3.63, 3.8) is 0 Å². The molecule has 5 nitrogen and oxygen atoms in total. The maximum absolute atomic E-state index is 13.0. The third-order valence-corrected chi connectivity index (χ3v) is 4.47. The van der Waals surface area contributed by atoms with Crippen LogP contribution in [0.2, 0.25) is 5.02 Å². The standard InChI is InChI=1S/C21H20ClFN4O/c1-14-26-19(21(28)25-13-16-4-2-3-5-18(16)22)12-20(27-14)24-11-10-15-6-8-17(23)9-7-15/h2-9,12H,10-11,13H2,1H3,(H,25,28)(H,24,26,27). The van der Waals surface area contributed by atoms with E-state index in [0.29, 0.717) is 36.2 Å². The highest BCUT2D eigenvalue weighted by Crippen LogP contribution is 2.15. The SMILES string of the molecule is Cc1nc(NCCc2ccc(F)cc2)cc(C(=O)NCc2ccccc2Cl)n1. The van der Waals surface area contributed by atoms with Crippen molar-refractivity contribution in [3.05, 3.63) is 88.1 Å². The van der Waals surface area contributed by atoms with Crippen LogP contribution in [0.5, 0.6) is 0 Å². The fourth-order valence-electron chi connectivity index (χ4n) is 2.67. The van der Waals surface area contributed by atoms with Gasteiger partial charge in [-0.25, -0.2) is 14.4 Å². The zero-order chi connectivity index (χ0) is 19.9. The summed E-state index contributed by atoms with van der Waals surface area (Å²) in [5, 5.41) is 6.60. The van der Waals surface area contributed by atoms with Crippen molar-refractivity contribution in [2.45, 2.75) is 19.9 Å². The first kappa shape index (κ1) is 19.8. The van der Waals surface area contributed by atoms with E-state index in [9.17, 15) is 9.18 Å². The molecule has 0 saturated heterocycles. The van der Waals surface area contributed by atoms with Gasteiger partial charge in [0.2, 0.25) is 0 Å². The Morgan fingerprint density at radius 3 is 2.61 bits per heavy atom. The largest absolute Gasteiger partial charge is 0.370 e. The summed E-state index contributed by atoms with van der Waals surface area (Å²) in [5.41, 5.74) is 2.13. The van der Waals surface area contributed by atoms with Crippen molar-refractivity contribution in [2.75, 3.05) is 11.9 Å². The molecule has 0 unspecified atom stereocenters. The molecule has 0 atom stereocenters. The summed E-state index contributed by atoms with van der Waals surface area (Å²) < 4.78 is 13.0. The number of carbonyl (C=O) groups is 1. The first-order valence-corrected chi connectivity index (χ1v) is 9.24. The lowest BCUT2D eigenvalue weighted by molar-refractivity contribution is 0.0945. The molecule has 0 aliphatic heterocycles. The Bertz CT molecular complexity index is 963. The van der Waals surface area contributed by atoms with Gasteiger partial charge >= 0.3 is 0 Å². The summed E-state index contributed by atoms with van der Waals surface area (Å²) in [6, 6.07) is 15.3. The normalized spacial score (nSPS) is 10.5. The van der Waals surface area contributed by atoms with Gasteiger partial charge in [0, 0.05) is 24.2 Å². The zero-order valence-corrected chi connectivity index (χ0v) is 16.1. The van der Waals surface area contributed by atoms with Crippen molar-refractivity contribution in [1.29, 1.82) is 0 Å². The van der Waals surface area contributed by atoms with Gasteiger partial charge in [0.1, 0.15) is 23.2 Å². The highest BCUT2D eigenvalue weighted by molar-refractivity contribution is 6.31. The molecule has 144 valence electrons. The van der Waals surface area contributed by atoms with Crippen LogP contribution in [0.1, 0.15) is 27.4 Å². The first-order chi connectivity index (χ1) is 13.5. The summed E-state index contributed by atoms with van der Waals surface area (Å²) in [5.74, 6) is 0.509. The fraction of sp³-hybridized carbons (Fsp3) is 0.190. The van der Waals surface area contributed by atoms with Crippen LogP contribution in [0.15, 0.2) is 54.6 Å².